The Morgan fingerprint density at radius 1 is 1.50 bits per heavy atom. The molecular formula is C15H18O. The van der Waals surface area contributed by atoms with E-state index in [1.807, 2.05) is 12.2 Å². The van der Waals surface area contributed by atoms with Gasteiger partial charge in [-0.15, -0.1) is 5.73 Å². The van der Waals surface area contributed by atoms with Gasteiger partial charge >= 0.3 is 0 Å². The molecule has 0 saturated heterocycles. The number of methoxy groups -OCH3 is 1. The van der Waals surface area contributed by atoms with Crippen LogP contribution in [0, 0.1) is 6.92 Å². The number of ether oxygens (including phenoxy) is 1. The Morgan fingerprint density at radius 2 is 2.19 bits per heavy atom. The van der Waals surface area contributed by atoms with Gasteiger partial charge in [-0.25, -0.2) is 0 Å². The summed E-state index contributed by atoms with van der Waals surface area (Å²) in [6.45, 7) is 11.7. The van der Waals surface area contributed by atoms with Gasteiger partial charge in [-0.05, 0) is 36.6 Å². The first kappa shape index (κ1) is 12.4. The van der Waals surface area contributed by atoms with Crippen molar-refractivity contribution in [3.63, 3.8) is 0 Å². The monoisotopic (exact) mass is 214 g/mol. The van der Waals surface area contributed by atoms with Gasteiger partial charge in [-0.1, -0.05) is 26.2 Å². The van der Waals surface area contributed by atoms with Crippen molar-refractivity contribution in [1.29, 1.82) is 0 Å². The van der Waals surface area contributed by atoms with Crippen LogP contribution in [0.5, 0.6) is 5.75 Å². The lowest BCUT2D eigenvalue weighted by Crippen LogP contribution is -1.98. The second-order valence-corrected chi connectivity index (χ2v) is 3.61. The molecule has 0 aliphatic rings. The molecule has 0 N–H and O–H groups in total. The lowest BCUT2D eigenvalue weighted by Gasteiger charge is -2.15. The first-order chi connectivity index (χ1) is 7.69. The number of hydrogen-bond acceptors (Lipinski definition) is 1. The van der Waals surface area contributed by atoms with Crippen molar-refractivity contribution in [3.8, 4) is 5.75 Å². The number of hydrogen-bond donors (Lipinski definition) is 0. The summed E-state index contributed by atoms with van der Waals surface area (Å²) in [6, 6.07) is 2.10. The van der Waals surface area contributed by atoms with Crippen molar-refractivity contribution in [2.24, 2.45) is 0 Å². The molecule has 1 aromatic rings. The number of rotatable bonds is 4. The molecule has 0 aliphatic carbocycles. The molecule has 0 aromatic heterocycles. The summed E-state index contributed by atoms with van der Waals surface area (Å²) in [7, 11) is 1.68. The van der Waals surface area contributed by atoms with E-state index in [0.29, 0.717) is 0 Å². The van der Waals surface area contributed by atoms with E-state index in [9.17, 15) is 0 Å². The molecule has 0 bridgehead atoms. The maximum Gasteiger partial charge on any atom is 0.134 e. The third-order valence-corrected chi connectivity index (χ3v) is 2.70. The quantitative estimate of drug-likeness (QED) is 0.688. The minimum atomic E-state index is 0.855. The maximum absolute atomic E-state index is 5.45. The highest BCUT2D eigenvalue weighted by Crippen LogP contribution is 2.32. The Morgan fingerprint density at radius 3 is 2.62 bits per heavy atom. The molecule has 0 atom stereocenters. The Labute approximate surface area is 97.8 Å². The van der Waals surface area contributed by atoms with Crippen molar-refractivity contribution in [3.05, 3.63) is 47.2 Å². The molecule has 0 saturated carbocycles. The van der Waals surface area contributed by atoms with Crippen LogP contribution >= 0.6 is 0 Å². The summed E-state index contributed by atoms with van der Waals surface area (Å²) in [5.74, 6) is 0.855. The minimum absolute atomic E-state index is 0.855. The van der Waals surface area contributed by atoms with Crippen LogP contribution in [0.1, 0.15) is 29.2 Å². The first-order valence-electron chi connectivity index (χ1n) is 5.38. The normalized spacial score (nSPS) is 9.44. The molecule has 0 aliphatic heterocycles. The standard InChI is InChI=1S/C15H18O/c1-6-9-14-13(8-3)11(4)10-12(7-2)15(14)16-5/h7,9-10H,1-2,8H2,3-5H3. The van der Waals surface area contributed by atoms with Gasteiger partial charge in [0.05, 0.1) is 7.11 Å². The lowest BCUT2D eigenvalue weighted by atomic mass is 9.95. The van der Waals surface area contributed by atoms with Crippen LogP contribution in [-0.4, -0.2) is 7.11 Å². The molecule has 84 valence electrons. The second kappa shape index (κ2) is 5.39. The molecule has 0 heterocycles. The van der Waals surface area contributed by atoms with Gasteiger partial charge in [0.15, 0.2) is 0 Å². The molecule has 0 radical (unpaired) electrons. The maximum atomic E-state index is 5.45. The first-order valence-corrected chi connectivity index (χ1v) is 5.38. The molecule has 0 fully saturated rings. The molecule has 16 heavy (non-hydrogen) atoms. The Kier molecular flexibility index (Phi) is 4.16. The van der Waals surface area contributed by atoms with Gasteiger partial charge < -0.3 is 4.74 Å². The molecule has 0 spiro atoms. The highest BCUT2D eigenvalue weighted by Gasteiger charge is 2.12. The molecule has 1 nitrogen and oxygen atoms in total. The van der Waals surface area contributed by atoms with Crippen LogP contribution in [0.25, 0.3) is 12.2 Å². The predicted octanol–water partition coefficient (Wildman–Crippen LogP) is 4.01. The lowest BCUT2D eigenvalue weighted by molar-refractivity contribution is 0.412. The van der Waals surface area contributed by atoms with Crippen LogP contribution in [0.15, 0.2) is 25.0 Å². The van der Waals surface area contributed by atoms with Gasteiger partial charge in [0.25, 0.3) is 0 Å². The summed E-state index contributed by atoms with van der Waals surface area (Å²) in [6.07, 6.45) is 4.65. The largest absolute Gasteiger partial charge is 0.495 e. The number of benzene rings is 1. The van der Waals surface area contributed by atoms with Crippen LogP contribution in [0.2, 0.25) is 0 Å². The minimum Gasteiger partial charge on any atom is -0.495 e. The topological polar surface area (TPSA) is 9.23 Å². The van der Waals surface area contributed by atoms with Crippen molar-refractivity contribution < 1.29 is 4.74 Å². The molecule has 0 amide bonds. The van der Waals surface area contributed by atoms with E-state index in [-0.39, 0.29) is 0 Å². The fraction of sp³-hybridized carbons (Fsp3) is 0.267. The summed E-state index contributed by atoms with van der Waals surface area (Å²) >= 11 is 0. The van der Waals surface area contributed by atoms with E-state index in [1.165, 1.54) is 11.1 Å². The fourth-order valence-corrected chi connectivity index (χ4v) is 1.99. The van der Waals surface area contributed by atoms with E-state index in [1.54, 1.807) is 7.11 Å². The average molecular weight is 214 g/mol. The zero-order chi connectivity index (χ0) is 12.1. The van der Waals surface area contributed by atoms with E-state index in [0.717, 1.165) is 23.3 Å². The Bertz CT molecular complexity index is 449. The van der Waals surface area contributed by atoms with E-state index < -0.39 is 0 Å². The second-order valence-electron chi connectivity index (χ2n) is 3.61. The van der Waals surface area contributed by atoms with E-state index >= 15 is 0 Å². The van der Waals surface area contributed by atoms with Crippen molar-refractivity contribution >= 4 is 12.2 Å². The summed E-state index contributed by atoms with van der Waals surface area (Å²) in [5, 5.41) is 0. The predicted molar refractivity (Wildman–Crippen MR) is 70.8 cm³/mol. The Hall–Kier alpha value is -1.72. The van der Waals surface area contributed by atoms with E-state index in [2.05, 4.69) is 38.8 Å². The van der Waals surface area contributed by atoms with Crippen molar-refractivity contribution in [1.82, 2.24) is 0 Å². The zero-order valence-electron chi connectivity index (χ0n) is 10.3. The Balaban J connectivity index is 3.65. The third-order valence-electron chi connectivity index (χ3n) is 2.70. The number of aryl methyl sites for hydroxylation is 1. The van der Waals surface area contributed by atoms with Crippen molar-refractivity contribution in [2.75, 3.05) is 7.11 Å². The van der Waals surface area contributed by atoms with Gasteiger partial charge in [0, 0.05) is 11.1 Å². The fourth-order valence-electron chi connectivity index (χ4n) is 1.99. The van der Waals surface area contributed by atoms with Gasteiger partial charge in [0.1, 0.15) is 5.75 Å². The molecule has 0 unspecified atom stereocenters. The summed E-state index contributed by atoms with van der Waals surface area (Å²) in [4.78, 5) is 0. The average Bonchev–Trinajstić information content (AvgIpc) is 2.29. The van der Waals surface area contributed by atoms with Crippen LogP contribution in [0.3, 0.4) is 0 Å². The van der Waals surface area contributed by atoms with E-state index in [4.69, 9.17) is 4.74 Å². The third kappa shape index (κ3) is 2.10. The SMILES string of the molecule is C=C=Cc1c(CC)c(C)cc(C=C)c1OC. The molecular weight excluding hydrogens is 196 g/mol. The van der Waals surface area contributed by atoms with Crippen molar-refractivity contribution in [2.45, 2.75) is 20.3 Å². The zero-order valence-corrected chi connectivity index (χ0v) is 10.3. The highest BCUT2D eigenvalue weighted by molar-refractivity contribution is 5.71. The smallest absolute Gasteiger partial charge is 0.134 e. The highest BCUT2D eigenvalue weighted by atomic mass is 16.5. The van der Waals surface area contributed by atoms with Crippen LogP contribution < -0.4 is 4.74 Å². The molecule has 1 rings (SSSR count). The summed E-state index contributed by atoms with van der Waals surface area (Å²) < 4.78 is 5.45. The summed E-state index contributed by atoms with van der Waals surface area (Å²) in [5.41, 5.74) is 7.43. The van der Waals surface area contributed by atoms with Gasteiger partial charge in [-0.2, -0.15) is 0 Å². The van der Waals surface area contributed by atoms with Crippen LogP contribution in [-0.2, 0) is 6.42 Å². The van der Waals surface area contributed by atoms with Gasteiger partial charge in [-0.3, -0.25) is 0 Å². The van der Waals surface area contributed by atoms with Crippen LogP contribution in [0.4, 0.5) is 0 Å². The molecule has 1 heteroatoms. The van der Waals surface area contributed by atoms with Gasteiger partial charge in [0.2, 0.25) is 0 Å². The molecule has 1 aromatic carbocycles.